The molecule has 0 heterocycles. The van der Waals surface area contributed by atoms with Crippen LogP contribution in [0.1, 0.15) is 278 Å². The number of carbonyl (C=O) groups is 3. The molecule has 0 spiro atoms. The molecule has 0 radical (unpaired) electrons. The summed E-state index contributed by atoms with van der Waals surface area (Å²) in [4.78, 5) is 38.0. The van der Waals surface area contributed by atoms with Gasteiger partial charge >= 0.3 is 17.9 Å². The van der Waals surface area contributed by atoms with Gasteiger partial charge in [0, 0.05) is 19.3 Å². The van der Waals surface area contributed by atoms with Gasteiger partial charge in [-0.2, -0.15) is 0 Å². The number of allylic oxidation sites excluding steroid dienone is 8. The summed E-state index contributed by atoms with van der Waals surface area (Å²) in [6.07, 6.45) is 62.3. The Bertz CT molecular complexity index is 1110. The highest BCUT2D eigenvalue weighted by Crippen LogP contribution is 2.15. The molecule has 0 fully saturated rings. The molecule has 0 aromatic carbocycles. The average molecular weight is 883 g/mol. The molecular weight excluding hydrogens is 781 g/mol. The number of carbonyl (C=O) groups excluding carboxylic acids is 3. The molecule has 0 saturated heterocycles. The third-order valence-electron chi connectivity index (χ3n) is 11.8. The lowest BCUT2D eigenvalue weighted by molar-refractivity contribution is -0.167. The Morgan fingerprint density at radius 1 is 0.317 bits per heavy atom. The molecule has 0 saturated carbocycles. The van der Waals surface area contributed by atoms with E-state index in [0.717, 1.165) is 83.5 Å². The van der Waals surface area contributed by atoms with E-state index in [1.807, 2.05) is 0 Å². The van der Waals surface area contributed by atoms with Gasteiger partial charge in [0.05, 0.1) is 0 Å². The van der Waals surface area contributed by atoms with Crippen molar-refractivity contribution >= 4 is 17.9 Å². The largest absolute Gasteiger partial charge is 0.462 e. The van der Waals surface area contributed by atoms with Crippen LogP contribution in [0.2, 0.25) is 0 Å². The Morgan fingerprint density at radius 2 is 0.571 bits per heavy atom. The predicted molar refractivity (Wildman–Crippen MR) is 270 cm³/mol. The number of hydrogen-bond donors (Lipinski definition) is 0. The summed E-state index contributed by atoms with van der Waals surface area (Å²) in [6.45, 7) is 6.59. The zero-order valence-electron chi connectivity index (χ0n) is 41.8. The molecule has 1 atom stereocenters. The maximum Gasteiger partial charge on any atom is 0.306 e. The van der Waals surface area contributed by atoms with Gasteiger partial charge in [-0.1, -0.05) is 223 Å². The van der Waals surface area contributed by atoms with Gasteiger partial charge in [0.2, 0.25) is 0 Å². The van der Waals surface area contributed by atoms with E-state index in [0.29, 0.717) is 19.3 Å². The maximum atomic E-state index is 12.8. The van der Waals surface area contributed by atoms with Crippen molar-refractivity contribution in [3.8, 4) is 0 Å². The summed E-state index contributed by atoms with van der Waals surface area (Å²) in [7, 11) is 0. The smallest absolute Gasteiger partial charge is 0.306 e. The fourth-order valence-electron chi connectivity index (χ4n) is 7.68. The molecule has 0 aromatic heterocycles. The topological polar surface area (TPSA) is 78.9 Å². The Morgan fingerprint density at radius 3 is 0.905 bits per heavy atom. The maximum absolute atomic E-state index is 12.8. The van der Waals surface area contributed by atoms with Crippen molar-refractivity contribution in [3.05, 3.63) is 48.6 Å². The standard InChI is InChI=1S/C57H102O6/c1-4-7-10-13-16-19-22-24-26-28-30-32-35-38-41-44-47-50-56(59)62-53-54(52-61-55(58)49-46-43-40-37-34-21-18-15-12-9-6-3)63-57(60)51-48-45-42-39-36-33-31-29-27-25-23-20-17-14-11-8-5-2/h16-17,19-20,24-27,54H,4-15,18,21-23,28-53H2,1-3H3/b19-16-,20-17-,26-24-,27-25-/t54-/m1/s1. The number of rotatable bonds is 49. The van der Waals surface area contributed by atoms with Gasteiger partial charge in [-0.05, 0) is 83.5 Å². The molecule has 0 aromatic rings. The molecule has 0 unspecified atom stereocenters. The number of unbranched alkanes of at least 4 members (excludes halogenated alkanes) is 30. The lowest BCUT2D eigenvalue weighted by Crippen LogP contribution is -2.30. The normalized spacial score (nSPS) is 12.4. The molecular formula is C57H102O6. The van der Waals surface area contributed by atoms with E-state index in [-0.39, 0.29) is 31.1 Å². The monoisotopic (exact) mass is 883 g/mol. The van der Waals surface area contributed by atoms with E-state index in [4.69, 9.17) is 14.2 Å². The second kappa shape index (κ2) is 52.0. The van der Waals surface area contributed by atoms with Crippen molar-refractivity contribution in [2.24, 2.45) is 0 Å². The molecule has 0 aliphatic carbocycles. The van der Waals surface area contributed by atoms with Crippen molar-refractivity contribution < 1.29 is 28.6 Å². The van der Waals surface area contributed by atoms with E-state index in [1.54, 1.807) is 0 Å². The van der Waals surface area contributed by atoms with Crippen molar-refractivity contribution in [2.75, 3.05) is 13.2 Å². The second-order valence-corrected chi connectivity index (χ2v) is 18.1. The number of hydrogen-bond acceptors (Lipinski definition) is 6. The fourth-order valence-corrected chi connectivity index (χ4v) is 7.68. The molecule has 6 heteroatoms. The first-order valence-electron chi connectivity index (χ1n) is 27.1. The Hall–Kier alpha value is -2.63. The third kappa shape index (κ3) is 50.2. The summed E-state index contributed by atoms with van der Waals surface area (Å²) in [5, 5.41) is 0. The first-order valence-corrected chi connectivity index (χ1v) is 27.1. The van der Waals surface area contributed by atoms with Crippen LogP contribution in [0.5, 0.6) is 0 Å². The van der Waals surface area contributed by atoms with Crippen LogP contribution in [-0.4, -0.2) is 37.2 Å². The van der Waals surface area contributed by atoms with Crippen molar-refractivity contribution in [1.82, 2.24) is 0 Å². The highest BCUT2D eigenvalue weighted by atomic mass is 16.6. The molecule has 63 heavy (non-hydrogen) atoms. The van der Waals surface area contributed by atoms with Crippen molar-refractivity contribution in [2.45, 2.75) is 284 Å². The van der Waals surface area contributed by atoms with Gasteiger partial charge in [0.1, 0.15) is 13.2 Å². The molecule has 0 rings (SSSR count). The molecule has 0 aliphatic heterocycles. The van der Waals surface area contributed by atoms with Crippen LogP contribution in [0.15, 0.2) is 48.6 Å². The van der Waals surface area contributed by atoms with Crippen LogP contribution in [0.25, 0.3) is 0 Å². The average Bonchev–Trinajstić information content (AvgIpc) is 3.28. The number of esters is 3. The van der Waals surface area contributed by atoms with E-state index < -0.39 is 6.10 Å². The summed E-state index contributed by atoms with van der Waals surface area (Å²) >= 11 is 0. The molecule has 0 amide bonds. The van der Waals surface area contributed by atoms with Gasteiger partial charge < -0.3 is 14.2 Å². The van der Waals surface area contributed by atoms with Crippen LogP contribution < -0.4 is 0 Å². The van der Waals surface area contributed by atoms with E-state index in [2.05, 4.69) is 69.4 Å². The van der Waals surface area contributed by atoms with E-state index in [9.17, 15) is 14.4 Å². The highest BCUT2D eigenvalue weighted by molar-refractivity contribution is 5.71. The lowest BCUT2D eigenvalue weighted by Gasteiger charge is -2.18. The quantitative estimate of drug-likeness (QED) is 0.0262. The Labute approximate surface area is 390 Å². The second-order valence-electron chi connectivity index (χ2n) is 18.1. The summed E-state index contributed by atoms with van der Waals surface area (Å²) in [5.41, 5.74) is 0. The molecule has 6 nitrogen and oxygen atoms in total. The Kier molecular flexibility index (Phi) is 49.8. The predicted octanol–water partition coefficient (Wildman–Crippen LogP) is 17.9. The minimum absolute atomic E-state index is 0.0766. The summed E-state index contributed by atoms with van der Waals surface area (Å²) in [5.74, 6) is -0.884. The van der Waals surface area contributed by atoms with Crippen LogP contribution in [0, 0.1) is 0 Å². The van der Waals surface area contributed by atoms with Gasteiger partial charge in [0.15, 0.2) is 6.10 Å². The summed E-state index contributed by atoms with van der Waals surface area (Å²) < 4.78 is 16.8. The minimum atomic E-state index is -0.777. The zero-order chi connectivity index (χ0) is 45.8. The van der Waals surface area contributed by atoms with Crippen molar-refractivity contribution in [3.63, 3.8) is 0 Å². The van der Waals surface area contributed by atoms with Crippen LogP contribution in [-0.2, 0) is 28.6 Å². The first kappa shape index (κ1) is 60.4. The molecule has 0 aliphatic rings. The van der Waals surface area contributed by atoms with E-state index in [1.165, 1.54) is 154 Å². The van der Waals surface area contributed by atoms with Crippen LogP contribution >= 0.6 is 0 Å². The lowest BCUT2D eigenvalue weighted by atomic mass is 10.1. The highest BCUT2D eigenvalue weighted by Gasteiger charge is 2.19. The van der Waals surface area contributed by atoms with Gasteiger partial charge in [-0.25, -0.2) is 0 Å². The van der Waals surface area contributed by atoms with Gasteiger partial charge in [0.25, 0.3) is 0 Å². The van der Waals surface area contributed by atoms with Gasteiger partial charge in [-0.15, -0.1) is 0 Å². The minimum Gasteiger partial charge on any atom is -0.462 e. The molecule has 0 N–H and O–H groups in total. The third-order valence-corrected chi connectivity index (χ3v) is 11.8. The van der Waals surface area contributed by atoms with Crippen molar-refractivity contribution in [1.29, 1.82) is 0 Å². The summed E-state index contributed by atoms with van der Waals surface area (Å²) in [6, 6.07) is 0. The zero-order valence-corrected chi connectivity index (χ0v) is 41.8. The number of ether oxygens (including phenoxy) is 3. The first-order chi connectivity index (χ1) is 31.0. The van der Waals surface area contributed by atoms with Crippen LogP contribution in [0.4, 0.5) is 0 Å². The Balaban J connectivity index is 4.36. The van der Waals surface area contributed by atoms with E-state index >= 15 is 0 Å². The van der Waals surface area contributed by atoms with Gasteiger partial charge in [-0.3, -0.25) is 14.4 Å². The van der Waals surface area contributed by atoms with Crippen LogP contribution in [0.3, 0.4) is 0 Å². The molecule has 0 bridgehead atoms. The molecule has 366 valence electrons. The SMILES string of the molecule is CCCCC/C=C\C/C=C\CCCCCCCCCC(=O)OC[C@@H](COC(=O)CCCCCCCCCCCCC)OC(=O)CCCCCCCCC/C=C\C/C=C\CCCCC. The fraction of sp³-hybridized carbons (Fsp3) is 0.807.